The first-order valence-corrected chi connectivity index (χ1v) is 4.87. The third-order valence-corrected chi connectivity index (χ3v) is 2.41. The summed E-state index contributed by atoms with van der Waals surface area (Å²) in [7, 11) is 1.34. The number of ether oxygens (including phenoxy) is 1. The van der Waals surface area contributed by atoms with Gasteiger partial charge >= 0.3 is 5.97 Å². The second-order valence-corrected chi connectivity index (χ2v) is 3.40. The number of hydrogen-bond acceptors (Lipinski definition) is 3. The maximum Gasteiger partial charge on any atom is 0.325 e. The number of nitrogens with zero attached hydrogens (tertiary/aromatic N) is 1. The molecule has 0 unspecified atom stereocenters. The summed E-state index contributed by atoms with van der Waals surface area (Å²) in [4.78, 5) is 22.7. The summed E-state index contributed by atoms with van der Waals surface area (Å²) in [5.41, 5.74) is 0.692. The highest BCUT2D eigenvalue weighted by Crippen LogP contribution is 2.09. The molecule has 0 N–H and O–H groups in total. The maximum absolute atomic E-state index is 11.6. The molecule has 1 aromatic carbocycles. The van der Waals surface area contributed by atoms with Gasteiger partial charge in [0.1, 0.15) is 6.54 Å². The Morgan fingerprint density at radius 2 is 2.06 bits per heavy atom. The van der Waals surface area contributed by atoms with Crippen LogP contribution in [0.4, 0.5) is 0 Å². The molecule has 0 aliphatic carbocycles. The van der Waals surface area contributed by atoms with Crippen LogP contribution in [0.25, 0.3) is 10.9 Å². The van der Waals surface area contributed by atoms with Gasteiger partial charge in [0.15, 0.2) is 5.43 Å². The number of methoxy groups -OCH3 is 1. The summed E-state index contributed by atoms with van der Waals surface area (Å²) in [6, 6.07) is 8.62. The Labute approximate surface area is 92.1 Å². The van der Waals surface area contributed by atoms with Crippen LogP contribution in [0.15, 0.2) is 41.3 Å². The Balaban J connectivity index is 2.59. The Kier molecular flexibility index (Phi) is 2.72. The first kappa shape index (κ1) is 10.4. The minimum Gasteiger partial charge on any atom is -0.468 e. The maximum atomic E-state index is 11.6. The highest BCUT2D eigenvalue weighted by molar-refractivity contribution is 5.80. The number of aromatic nitrogens is 1. The van der Waals surface area contributed by atoms with Gasteiger partial charge in [0.25, 0.3) is 0 Å². The topological polar surface area (TPSA) is 48.3 Å². The molecule has 0 aliphatic heterocycles. The van der Waals surface area contributed by atoms with Gasteiger partial charge in [-0.05, 0) is 12.1 Å². The second kappa shape index (κ2) is 4.18. The molecule has 0 radical (unpaired) electrons. The lowest BCUT2D eigenvalue weighted by molar-refractivity contribution is -0.141. The van der Waals surface area contributed by atoms with Gasteiger partial charge in [-0.1, -0.05) is 12.1 Å². The number of carbonyl (C=O) groups excluding carboxylic acids is 1. The molecule has 0 spiro atoms. The molecule has 4 nitrogen and oxygen atoms in total. The minimum atomic E-state index is -0.339. The van der Waals surface area contributed by atoms with Crippen LogP contribution in [0.3, 0.4) is 0 Å². The van der Waals surface area contributed by atoms with Crippen molar-refractivity contribution in [2.24, 2.45) is 0 Å². The number of para-hydroxylation sites is 1. The number of benzene rings is 1. The van der Waals surface area contributed by atoms with E-state index in [2.05, 4.69) is 4.74 Å². The predicted molar refractivity (Wildman–Crippen MR) is 60.2 cm³/mol. The van der Waals surface area contributed by atoms with Crippen molar-refractivity contribution in [1.29, 1.82) is 0 Å². The van der Waals surface area contributed by atoms with E-state index in [1.807, 2.05) is 6.07 Å². The third kappa shape index (κ3) is 1.82. The quantitative estimate of drug-likeness (QED) is 0.709. The number of fused-ring (bicyclic) bond motifs is 1. The first-order chi connectivity index (χ1) is 7.72. The largest absolute Gasteiger partial charge is 0.468 e. The molecule has 4 heteroatoms. The highest BCUT2D eigenvalue weighted by atomic mass is 16.5. The Hall–Kier alpha value is -2.10. The molecule has 0 atom stereocenters. The van der Waals surface area contributed by atoms with Crippen LogP contribution in [0, 0.1) is 0 Å². The first-order valence-electron chi connectivity index (χ1n) is 4.87. The monoisotopic (exact) mass is 217 g/mol. The Morgan fingerprint density at radius 1 is 1.31 bits per heavy atom. The molecule has 1 aromatic heterocycles. The molecule has 0 bridgehead atoms. The van der Waals surface area contributed by atoms with E-state index in [0.29, 0.717) is 5.39 Å². The van der Waals surface area contributed by atoms with Gasteiger partial charge in [-0.15, -0.1) is 0 Å². The predicted octanol–water partition coefficient (Wildman–Crippen LogP) is 1.17. The molecule has 2 aromatic rings. The zero-order valence-electron chi connectivity index (χ0n) is 8.84. The van der Waals surface area contributed by atoms with E-state index in [0.717, 1.165) is 5.52 Å². The summed E-state index contributed by atoms with van der Waals surface area (Å²) in [5.74, 6) is -0.339. The van der Waals surface area contributed by atoms with Crippen molar-refractivity contribution in [3.63, 3.8) is 0 Å². The standard InChI is InChI=1S/C12H11NO3/c1-16-12(15)8-13-7-6-11(14)9-4-2-3-5-10(9)13/h2-7H,8H2,1H3. The van der Waals surface area contributed by atoms with Gasteiger partial charge in [-0.2, -0.15) is 0 Å². The third-order valence-electron chi connectivity index (χ3n) is 2.41. The summed E-state index contributed by atoms with van der Waals surface area (Å²) >= 11 is 0. The summed E-state index contributed by atoms with van der Waals surface area (Å²) < 4.78 is 6.29. The van der Waals surface area contributed by atoms with Crippen LogP contribution in [0.1, 0.15) is 0 Å². The summed E-state index contributed by atoms with van der Waals surface area (Å²) in [5, 5.41) is 0.605. The highest BCUT2D eigenvalue weighted by Gasteiger charge is 2.05. The Morgan fingerprint density at radius 3 is 2.81 bits per heavy atom. The zero-order valence-corrected chi connectivity index (χ0v) is 8.84. The SMILES string of the molecule is COC(=O)Cn1ccc(=O)c2ccccc21. The van der Waals surface area contributed by atoms with Crippen LogP contribution >= 0.6 is 0 Å². The van der Waals surface area contributed by atoms with E-state index in [1.165, 1.54) is 13.2 Å². The van der Waals surface area contributed by atoms with E-state index in [9.17, 15) is 9.59 Å². The lowest BCUT2D eigenvalue weighted by atomic mass is 10.2. The molecule has 0 saturated carbocycles. The van der Waals surface area contributed by atoms with Crippen LogP contribution in [0.2, 0.25) is 0 Å². The van der Waals surface area contributed by atoms with Crippen molar-refractivity contribution in [2.45, 2.75) is 6.54 Å². The molecule has 1 heterocycles. The van der Waals surface area contributed by atoms with Crippen molar-refractivity contribution in [2.75, 3.05) is 7.11 Å². The molecule has 16 heavy (non-hydrogen) atoms. The fraction of sp³-hybridized carbons (Fsp3) is 0.167. The normalized spacial score (nSPS) is 10.3. The number of rotatable bonds is 2. The van der Waals surface area contributed by atoms with E-state index in [1.54, 1.807) is 29.0 Å². The van der Waals surface area contributed by atoms with Crippen LogP contribution in [0.5, 0.6) is 0 Å². The van der Waals surface area contributed by atoms with E-state index < -0.39 is 0 Å². The number of pyridine rings is 1. The van der Waals surface area contributed by atoms with Crippen molar-refractivity contribution in [3.8, 4) is 0 Å². The van der Waals surface area contributed by atoms with Crippen LogP contribution in [-0.2, 0) is 16.1 Å². The summed E-state index contributed by atoms with van der Waals surface area (Å²) in [6.07, 6.45) is 1.60. The van der Waals surface area contributed by atoms with E-state index in [-0.39, 0.29) is 17.9 Å². The molecular weight excluding hydrogens is 206 g/mol. The van der Waals surface area contributed by atoms with Gasteiger partial charge in [-0.25, -0.2) is 0 Å². The average molecular weight is 217 g/mol. The zero-order chi connectivity index (χ0) is 11.5. The fourth-order valence-electron chi connectivity index (χ4n) is 1.60. The van der Waals surface area contributed by atoms with Crippen molar-refractivity contribution >= 4 is 16.9 Å². The Bertz CT molecular complexity index is 586. The molecule has 0 fully saturated rings. The van der Waals surface area contributed by atoms with E-state index in [4.69, 9.17) is 0 Å². The van der Waals surface area contributed by atoms with Crippen LogP contribution < -0.4 is 5.43 Å². The molecule has 0 saturated heterocycles. The van der Waals surface area contributed by atoms with Gasteiger partial charge in [0, 0.05) is 17.6 Å². The van der Waals surface area contributed by atoms with Crippen molar-refractivity contribution in [3.05, 3.63) is 46.8 Å². The summed E-state index contributed by atoms with van der Waals surface area (Å²) in [6.45, 7) is 0.108. The second-order valence-electron chi connectivity index (χ2n) is 3.40. The molecule has 82 valence electrons. The lowest BCUT2D eigenvalue weighted by Crippen LogP contribution is -2.14. The smallest absolute Gasteiger partial charge is 0.325 e. The van der Waals surface area contributed by atoms with Gasteiger partial charge in [0.05, 0.1) is 12.6 Å². The molecule has 0 amide bonds. The van der Waals surface area contributed by atoms with E-state index >= 15 is 0 Å². The lowest BCUT2D eigenvalue weighted by Gasteiger charge is -2.08. The minimum absolute atomic E-state index is 0.0447. The van der Waals surface area contributed by atoms with Crippen molar-refractivity contribution < 1.29 is 9.53 Å². The molecule has 2 rings (SSSR count). The van der Waals surface area contributed by atoms with Gasteiger partial charge in [-0.3, -0.25) is 9.59 Å². The van der Waals surface area contributed by atoms with Gasteiger partial charge < -0.3 is 9.30 Å². The number of hydrogen-bond donors (Lipinski definition) is 0. The number of carbonyl (C=O) groups is 1. The van der Waals surface area contributed by atoms with Crippen LogP contribution in [-0.4, -0.2) is 17.6 Å². The fourth-order valence-corrected chi connectivity index (χ4v) is 1.60. The molecule has 0 aliphatic rings. The average Bonchev–Trinajstić information content (AvgIpc) is 2.33. The number of esters is 1. The molecular formula is C12H11NO3. The van der Waals surface area contributed by atoms with Crippen molar-refractivity contribution in [1.82, 2.24) is 4.57 Å². The van der Waals surface area contributed by atoms with Gasteiger partial charge in [0.2, 0.25) is 0 Å².